The highest BCUT2D eigenvalue weighted by Crippen LogP contribution is 2.22. The number of carbonyl (C=O) groups excluding carboxylic acids is 1. The van der Waals surface area contributed by atoms with Crippen LogP contribution < -0.4 is 5.32 Å². The fourth-order valence-electron chi connectivity index (χ4n) is 3.32. The van der Waals surface area contributed by atoms with Crippen molar-refractivity contribution >= 4 is 5.91 Å². The first kappa shape index (κ1) is 17.4. The van der Waals surface area contributed by atoms with Crippen LogP contribution in [-0.2, 0) is 0 Å². The largest absolute Gasteiger partial charge is 0.345 e. The average Bonchev–Trinajstić information content (AvgIpc) is 3.30. The highest BCUT2D eigenvalue weighted by molar-refractivity contribution is 5.90. The van der Waals surface area contributed by atoms with Gasteiger partial charge in [0.05, 0.1) is 16.9 Å². The highest BCUT2D eigenvalue weighted by atomic mass is 19.1. The Bertz CT molecular complexity index is 941. The van der Waals surface area contributed by atoms with E-state index in [0.29, 0.717) is 22.8 Å². The molecule has 0 atom stereocenters. The number of carbonyl (C=O) groups is 1. The Balaban J connectivity index is 1.52. The molecular weight excluding hydrogens is 349 g/mol. The smallest absolute Gasteiger partial charge is 0.316 e. The Kier molecular flexibility index (Phi) is 4.70. The van der Waals surface area contributed by atoms with Gasteiger partial charge in [-0.25, -0.2) is 9.07 Å². The first-order valence-electron chi connectivity index (χ1n) is 9.07. The van der Waals surface area contributed by atoms with E-state index in [4.69, 9.17) is 4.52 Å². The van der Waals surface area contributed by atoms with E-state index in [1.165, 1.54) is 18.6 Å². The molecule has 1 aliphatic rings. The van der Waals surface area contributed by atoms with Crippen LogP contribution in [0.5, 0.6) is 0 Å². The van der Waals surface area contributed by atoms with Gasteiger partial charge in [-0.2, -0.15) is 10.1 Å². The third kappa shape index (κ3) is 3.74. The number of rotatable bonds is 4. The Labute approximate surface area is 155 Å². The molecule has 27 heavy (non-hydrogen) atoms. The van der Waals surface area contributed by atoms with Crippen molar-refractivity contribution in [3.05, 3.63) is 47.9 Å². The average molecular weight is 369 g/mol. The first-order chi connectivity index (χ1) is 13.1. The summed E-state index contributed by atoms with van der Waals surface area (Å²) < 4.78 is 19.9. The molecule has 0 spiro atoms. The van der Waals surface area contributed by atoms with E-state index in [0.717, 1.165) is 25.7 Å². The first-order valence-corrected chi connectivity index (χ1v) is 9.07. The van der Waals surface area contributed by atoms with Crippen LogP contribution in [0.1, 0.15) is 48.5 Å². The van der Waals surface area contributed by atoms with Gasteiger partial charge in [-0.05, 0) is 44.0 Å². The second-order valence-corrected chi connectivity index (χ2v) is 6.78. The van der Waals surface area contributed by atoms with E-state index in [1.54, 1.807) is 23.0 Å². The third-order valence-corrected chi connectivity index (χ3v) is 4.79. The van der Waals surface area contributed by atoms with E-state index < -0.39 is 0 Å². The normalized spacial score (nSPS) is 15.0. The Hall–Kier alpha value is -3.03. The Morgan fingerprint density at radius 2 is 1.96 bits per heavy atom. The number of aryl methyl sites for hydroxylation is 1. The van der Waals surface area contributed by atoms with Crippen LogP contribution in [0.3, 0.4) is 0 Å². The van der Waals surface area contributed by atoms with E-state index in [9.17, 15) is 9.18 Å². The fourth-order valence-corrected chi connectivity index (χ4v) is 3.32. The number of amides is 1. The summed E-state index contributed by atoms with van der Waals surface area (Å²) >= 11 is 0. The van der Waals surface area contributed by atoms with Crippen LogP contribution in [-0.4, -0.2) is 31.9 Å². The van der Waals surface area contributed by atoms with Crippen molar-refractivity contribution in [3.63, 3.8) is 0 Å². The molecule has 8 heteroatoms. The number of halogens is 1. The van der Waals surface area contributed by atoms with Crippen LogP contribution >= 0.6 is 0 Å². The lowest BCUT2D eigenvalue weighted by Crippen LogP contribution is -2.36. The molecule has 0 saturated heterocycles. The molecule has 1 aliphatic carbocycles. The van der Waals surface area contributed by atoms with Crippen molar-refractivity contribution in [2.75, 3.05) is 0 Å². The van der Waals surface area contributed by atoms with Crippen LogP contribution in [0.4, 0.5) is 4.39 Å². The van der Waals surface area contributed by atoms with Gasteiger partial charge < -0.3 is 9.84 Å². The maximum atomic E-state index is 13.1. The summed E-state index contributed by atoms with van der Waals surface area (Å²) in [5, 5.41) is 11.3. The lowest BCUT2D eigenvalue weighted by molar-refractivity contribution is 0.0883. The van der Waals surface area contributed by atoms with Gasteiger partial charge in [0.25, 0.3) is 0 Å². The summed E-state index contributed by atoms with van der Waals surface area (Å²) in [5.74, 6) is -0.405. The summed E-state index contributed by atoms with van der Waals surface area (Å²) in [7, 11) is 0. The minimum atomic E-state index is -0.343. The monoisotopic (exact) mass is 369 g/mol. The van der Waals surface area contributed by atoms with E-state index >= 15 is 0 Å². The molecule has 2 heterocycles. The van der Waals surface area contributed by atoms with E-state index in [2.05, 4.69) is 20.6 Å². The number of hydrogen-bond acceptors (Lipinski definition) is 5. The molecule has 1 fully saturated rings. The predicted molar refractivity (Wildman–Crippen MR) is 95.9 cm³/mol. The zero-order valence-electron chi connectivity index (χ0n) is 15.0. The van der Waals surface area contributed by atoms with Gasteiger partial charge in [-0.1, -0.05) is 24.4 Å². The number of nitrogens with zero attached hydrogens (tertiary/aromatic N) is 4. The van der Waals surface area contributed by atoms with Crippen molar-refractivity contribution in [1.29, 1.82) is 0 Å². The molecule has 140 valence electrons. The number of nitrogens with one attached hydrogen (secondary N) is 1. The molecule has 1 aromatic carbocycles. The van der Waals surface area contributed by atoms with Crippen molar-refractivity contribution in [1.82, 2.24) is 25.2 Å². The molecule has 2 aromatic heterocycles. The van der Waals surface area contributed by atoms with Gasteiger partial charge >= 0.3 is 11.8 Å². The zero-order chi connectivity index (χ0) is 18.8. The lowest BCUT2D eigenvalue weighted by atomic mass is 9.95. The summed E-state index contributed by atoms with van der Waals surface area (Å²) in [4.78, 5) is 16.6. The second-order valence-electron chi connectivity index (χ2n) is 6.78. The Morgan fingerprint density at radius 1 is 1.22 bits per heavy atom. The van der Waals surface area contributed by atoms with E-state index in [1.807, 2.05) is 6.92 Å². The molecule has 0 unspecified atom stereocenters. The fraction of sp³-hybridized carbons (Fsp3) is 0.368. The van der Waals surface area contributed by atoms with Crippen molar-refractivity contribution in [2.45, 2.75) is 45.1 Å². The Morgan fingerprint density at radius 3 is 2.70 bits per heavy atom. The second kappa shape index (κ2) is 7.30. The highest BCUT2D eigenvalue weighted by Gasteiger charge is 2.22. The standard InChI is InChI=1S/C19H20FN5O2/c1-12-16(11-25(23-12)15-9-7-13(20)8-10-15)17-22-19(27-24-17)18(26)21-14-5-3-2-4-6-14/h7-11,14H,2-6H2,1H3,(H,21,26). The molecule has 1 amide bonds. The minimum Gasteiger partial charge on any atom is -0.345 e. The SMILES string of the molecule is Cc1nn(-c2ccc(F)cc2)cc1-c1noc(C(=O)NC2CCCCC2)n1. The van der Waals surface area contributed by atoms with Gasteiger partial charge in [0, 0.05) is 12.2 Å². The molecule has 0 radical (unpaired) electrons. The van der Waals surface area contributed by atoms with Crippen LogP contribution in [0.2, 0.25) is 0 Å². The van der Waals surface area contributed by atoms with Gasteiger partial charge in [-0.15, -0.1) is 0 Å². The molecule has 3 aromatic rings. The summed E-state index contributed by atoms with van der Waals surface area (Å²) in [6.45, 7) is 1.81. The van der Waals surface area contributed by atoms with Crippen LogP contribution in [0.15, 0.2) is 35.0 Å². The van der Waals surface area contributed by atoms with Gasteiger partial charge in [0.1, 0.15) is 5.82 Å². The lowest BCUT2D eigenvalue weighted by Gasteiger charge is -2.21. The van der Waals surface area contributed by atoms with E-state index in [-0.39, 0.29) is 23.7 Å². The minimum absolute atomic E-state index is 0.0514. The maximum Gasteiger partial charge on any atom is 0.316 e. The quantitative estimate of drug-likeness (QED) is 0.761. The third-order valence-electron chi connectivity index (χ3n) is 4.79. The molecular formula is C19H20FN5O2. The summed E-state index contributed by atoms with van der Waals surface area (Å²) in [6.07, 6.45) is 7.17. The zero-order valence-corrected chi connectivity index (χ0v) is 15.0. The van der Waals surface area contributed by atoms with Gasteiger partial charge in [-0.3, -0.25) is 4.79 Å². The van der Waals surface area contributed by atoms with Gasteiger partial charge in [0.2, 0.25) is 5.82 Å². The molecule has 7 nitrogen and oxygen atoms in total. The van der Waals surface area contributed by atoms with Crippen molar-refractivity contribution in [3.8, 4) is 17.1 Å². The van der Waals surface area contributed by atoms with Gasteiger partial charge in [0.15, 0.2) is 0 Å². The molecule has 0 bridgehead atoms. The summed E-state index contributed by atoms with van der Waals surface area (Å²) in [5.41, 5.74) is 2.05. The molecule has 0 aliphatic heterocycles. The van der Waals surface area contributed by atoms with Crippen LogP contribution in [0, 0.1) is 12.7 Å². The topological polar surface area (TPSA) is 85.8 Å². The van der Waals surface area contributed by atoms with Crippen LogP contribution in [0.25, 0.3) is 17.1 Å². The molecule has 4 rings (SSSR count). The molecule has 1 N–H and O–H groups in total. The van der Waals surface area contributed by atoms with Crippen molar-refractivity contribution < 1.29 is 13.7 Å². The number of hydrogen-bond donors (Lipinski definition) is 1. The molecule has 1 saturated carbocycles. The summed E-state index contributed by atoms with van der Waals surface area (Å²) in [6, 6.07) is 6.17. The maximum absolute atomic E-state index is 13.1. The number of aromatic nitrogens is 4. The predicted octanol–water partition coefficient (Wildman–Crippen LogP) is 3.43. The van der Waals surface area contributed by atoms with Crippen molar-refractivity contribution in [2.24, 2.45) is 0 Å². The number of benzene rings is 1.